The van der Waals surface area contributed by atoms with Gasteiger partial charge in [-0.15, -0.1) is 0 Å². The SMILES string of the molecule is CC(C)(C)CCC(O)c1cc(F)ccc1N. The van der Waals surface area contributed by atoms with Crippen molar-refractivity contribution in [2.24, 2.45) is 5.41 Å². The Balaban J connectivity index is 2.73. The van der Waals surface area contributed by atoms with Gasteiger partial charge in [0.15, 0.2) is 0 Å². The van der Waals surface area contributed by atoms with E-state index in [1.807, 2.05) is 0 Å². The first-order valence-corrected chi connectivity index (χ1v) is 5.52. The molecule has 0 fully saturated rings. The van der Waals surface area contributed by atoms with Crippen LogP contribution in [0.1, 0.15) is 45.3 Å². The minimum atomic E-state index is -0.685. The summed E-state index contributed by atoms with van der Waals surface area (Å²) in [4.78, 5) is 0. The van der Waals surface area contributed by atoms with Gasteiger partial charge >= 0.3 is 0 Å². The lowest BCUT2D eigenvalue weighted by molar-refractivity contribution is 0.148. The van der Waals surface area contributed by atoms with E-state index < -0.39 is 6.10 Å². The zero-order valence-corrected chi connectivity index (χ0v) is 10.1. The van der Waals surface area contributed by atoms with E-state index in [0.29, 0.717) is 17.7 Å². The second kappa shape index (κ2) is 4.83. The van der Waals surface area contributed by atoms with E-state index in [1.165, 1.54) is 18.2 Å². The molecule has 3 heteroatoms. The molecule has 0 amide bonds. The lowest BCUT2D eigenvalue weighted by Gasteiger charge is -2.21. The van der Waals surface area contributed by atoms with E-state index in [9.17, 15) is 9.50 Å². The number of aliphatic hydroxyl groups excluding tert-OH is 1. The van der Waals surface area contributed by atoms with E-state index in [-0.39, 0.29) is 11.2 Å². The number of nitrogens with two attached hydrogens (primary N) is 1. The molecule has 1 rings (SSSR count). The van der Waals surface area contributed by atoms with Crippen LogP contribution in [-0.4, -0.2) is 5.11 Å². The lowest BCUT2D eigenvalue weighted by atomic mass is 9.88. The highest BCUT2D eigenvalue weighted by Crippen LogP contribution is 2.30. The van der Waals surface area contributed by atoms with Gasteiger partial charge in [-0.25, -0.2) is 4.39 Å². The number of halogens is 1. The molecule has 0 radical (unpaired) electrons. The predicted octanol–water partition coefficient (Wildman–Crippen LogP) is 3.27. The summed E-state index contributed by atoms with van der Waals surface area (Å²) < 4.78 is 13.0. The standard InChI is InChI=1S/C13H20FNO/c1-13(2,3)7-6-12(16)10-8-9(14)4-5-11(10)15/h4-5,8,12,16H,6-7,15H2,1-3H3. The third-order valence-electron chi connectivity index (χ3n) is 2.58. The molecule has 1 atom stereocenters. The zero-order valence-electron chi connectivity index (χ0n) is 10.1. The average Bonchev–Trinajstić information content (AvgIpc) is 2.17. The minimum absolute atomic E-state index is 0.156. The Kier molecular flexibility index (Phi) is 3.92. The molecule has 0 aliphatic heterocycles. The lowest BCUT2D eigenvalue weighted by Crippen LogP contribution is -2.09. The van der Waals surface area contributed by atoms with E-state index in [4.69, 9.17) is 5.73 Å². The normalized spacial score (nSPS) is 13.8. The smallest absolute Gasteiger partial charge is 0.123 e. The highest BCUT2D eigenvalue weighted by atomic mass is 19.1. The maximum atomic E-state index is 13.0. The Bertz CT molecular complexity index is 357. The summed E-state index contributed by atoms with van der Waals surface area (Å²) in [5.41, 5.74) is 6.80. The van der Waals surface area contributed by atoms with Crippen LogP contribution >= 0.6 is 0 Å². The van der Waals surface area contributed by atoms with Crippen molar-refractivity contribution in [3.63, 3.8) is 0 Å². The number of hydrogen-bond donors (Lipinski definition) is 2. The van der Waals surface area contributed by atoms with Crippen molar-refractivity contribution in [2.75, 3.05) is 5.73 Å². The summed E-state index contributed by atoms with van der Waals surface area (Å²) >= 11 is 0. The Hall–Kier alpha value is -1.09. The van der Waals surface area contributed by atoms with Gasteiger partial charge in [-0.05, 0) is 36.5 Å². The van der Waals surface area contributed by atoms with Crippen molar-refractivity contribution in [1.29, 1.82) is 0 Å². The van der Waals surface area contributed by atoms with Gasteiger partial charge in [0.25, 0.3) is 0 Å². The second-order valence-corrected chi connectivity index (χ2v) is 5.39. The summed E-state index contributed by atoms with van der Waals surface area (Å²) in [6, 6.07) is 4.10. The van der Waals surface area contributed by atoms with Crippen molar-refractivity contribution in [3.05, 3.63) is 29.6 Å². The minimum Gasteiger partial charge on any atom is -0.398 e. The van der Waals surface area contributed by atoms with Crippen molar-refractivity contribution >= 4 is 5.69 Å². The van der Waals surface area contributed by atoms with Crippen LogP contribution in [0.5, 0.6) is 0 Å². The van der Waals surface area contributed by atoms with Gasteiger partial charge in [-0.3, -0.25) is 0 Å². The summed E-state index contributed by atoms with van der Waals surface area (Å²) in [7, 11) is 0. The number of anilines is 1. The number of nitrogen functional groups attached to an aromatic ring is 1. The second-order valence-electron chi connectivity index (χ2n) is 5.39. The Morgan fingerprint density at radius 1 is 1.38 bits per heavy atom. The fourth-order valence-electron chi connectivity index (χ4n) is 1.56. The van der Waals surface area contributed by atoms with Crippen LogP contribution in [0, 0.1) is 11.2 Å². The van der Waals surface area contributed by atoms with Crippen LogP contribution in [-0.2, 0) is 0 Å². The van der Waals surface area contributed by atoms with Crippen LogP contribution < -0.4 is 5.73 Å². The van der Waals surface area contributed by atoms with Gasteiger partial charge in [0.1, 0.15) is 5.82 Å². The number of benzene rings is 1. The van der Waals surface area contributed by atoms with Crippen molar-refractivity contribution in [1.82, 2.24) is 0 Å². The van der Waals surface area contributed by atoms with E-state index in [2.05, 4.69) is 20.8 Å². The molecule has 0 heterocycles. The molecule has 3 N–H and O–H groups in total. The molecule has 1 aromatic rings. The molecule has 90 valence electrons. The first kappa shape index (κ1) is 13.0. The molecular weight excluding hydrogens is 205 g/mol. The summed E-state index contributed by atoms with van der Waals surface area (Å²) in [6.07, 6.45) is 0.774. The fraction of sp³-hybridized carbons (Fsp3) is 0.538. The number of rotatable bonds is 3. The molecule has 16 heavy (non-hydrogen) atoms. The molecule has 0 aliphatic carbocycles. The summed E-state index contributed by atoms with van der Waals surface area (Å²) in [5.74, 6) is -0.362. The van der Waals surface area contributed by atoms with Crippen molar-refractivity contribution < 1.29 is 9.50 Å². The molecule has 0 saturated heterocycles. The van der Waals surface area contributed by atoms with Crippen LogP contribution in [0.4, 0.5) is 10.1 Å². The summed E-state index contributed by atoms with van der Waals surface area (Å²) in [6.45, 7) is 6.32. The first-order chi connectivity index (χ1) is 7.29. The van der Waals surface area contributed by atoms with Gasteiger partial charge in [-0.2, -0.15) is 0 Å². The highest BCUT2D eigenvalue weighted by molar-refractivity contribution is 5.47. The van der Waals surface area contributed by atoms with Gasteiger partial charge in [0.2, 0.25) is 0 Å². The molecule has 1 unspecified atom stereocenters. The van der Waals surface area contributed by atoms with Crippen molar-refractivity contribution in [2.45, 2.75) is 39.7 Å². The fourth-order valence-corrected chi connectivity index (χ4v) is 1.56. The Morgan fingerprint density at radius 3 is 2.56 bits per heavy atom. The topological polar surface area (TPSA) is 46.2 Å². The molecular formula is C13H20FNO. The molecule has 2 nitrogen and oxygen atoms in total. The van der Waals surface area contributed by atoms with Crippen LogP contribution in [0.3, 0.4) is 0 Å². The predicted molar refractivity (Wildman–Crippen MR) is 64.5 cm³/mol. The Morgan fingerprint density at radius 2 is 2.00 bits per heavy atom. The molecule has 0 saturated carbocycles. The van der Waals surface area contributed by atoms with Crippen LogP contribution in [0.2, 0.25) is 0 Å². The van der Waals surface area contributed by atoms with Crippen LogP contribution in [0.15, 0.2) is 18.2 Å². The number of aliphatic hydroxyl groups is 1. The third-order valence-corrected chi connectivity index (χ3v) is 2.58. The average molecular weight is 225 g/mol. The summed E-state index contributed by atoms with van der Waals surface area (Å²) in [5, 5.41) is 9.94. The van der Waals surface area contributed by atoms with Gasteiger partial charge in [-0.1, -0.05) is 20.8 Å². The monoisotopic (exact) mass is 225 g/mol. The van der Waals surface area contributed by atoms with Crippen molar-refractivity contribution in [3.8, 4) is 0 Å². The molecule has 0 aliphatic rings. The number of hydrogen-bond acceptors (Lipinski definition) is 2. The zero-order chi connectivity index (χ0) is 12.3. The maximum absolute atomic E-state index is 13.0. The van der Waals surface area contributed by atoms with Gasteiger partial charge < -0.3 is 10.8 Å². The Labute approximate surface area is 96.3 Å². The van der Waals surface area contributed by atoms with Gasteiger partial charge in [0.05, 0.1) is 6.10 Å². The van der Waals surface area contributed by atoms with E-state index in [1.54, 1.807) is 0 Å². The van der Waals surface area contributed by atoms with Gasteiger partial charge in [0, 0.05) is 11.3 Å². The maximum Gasteiger partial charge on any atom is 0.123 e. The molecule has 0 spiro atoms. The largest absolute Gasteiger partial charge is 0.398 e. The first-order valence-electron chi connectivity index (χ1n) is 5.52. The third kappa shape index (κ3) is 3.81. The quantitative estimate of drug-likeness (QED) is 0.775. The van der Waals surface area contributed by atoms with Crippen LogP contribution in [0.25, 0.3) is 0 Å². The van der Waals surface area contributed by atoms with E-state index >= 15 is 0 Å². The molecule has 0 aromatic heterocycles. The molecule has 0 bridgehead atoms. The van der Waals surface area contributed by atoms with E-state index in [0.717, 1.165) is 6.42 Å². The molecule has 1 aromatic carbocycles. The highest BCUT2D eigenvalue weighted by Gasteiger charge is 2.16.